The number of nitrogens with one attached hydrogen (secondary N) is 1. The summed E-state index contributed by atoms with van der Waals surface area (Å²) in [6.07, 6.45) is 2.45. The highest BCUT2D eigenvalue weighted by Gasteiger charge is 2.12. The van der Waals surface area contributed by atoms with E-state index in [0.717, 1.165) is 17.9 Å². The fourth-order valence-electron chi connectivity index (χ4n) is 1.90. The molecule has 0 aliphatic rings. The molecule has 3 N–H and O–H groups in total. The number of benzene rings is 1. The lowest BCUT2D eigenvalue weighted by Gasteiger charge is -2.25. The molecule has 106 valence electrons. The van der Waals surface area contributed by atoms with Crippen LogP contribution in [0.25, 0.3) is 0 Å². The fourth-order valence-corrected chi connectivity index (χ4v) is 2.64. The van der Waals surface area contributed by atoms with Crippen LogP contribution in [0.1, 0.15) is 18.1 Å². The van der Waals surface area contributed by atoms with E-state index < -0.39 is 0 Å². The minimum Gasteiger partial charge on any atom is -0.299 e. The van der Waals surface area contributed by atoms with E-state index in [1.807, 2.05) is 30.0 Å². The largest absolute Gasteiger partial charge is 0.299 e. The third kappa shape index (κ3) is 5.22. The van der Waals surface area contributed by atoms with Crippen LogP contribution in [-0.4, -0.2) is 35.9 Å². The Bertz CT molecular complexity index is 411. The zero-order valence-corrected chi connectivity index (χ0v) is 12.7. The van der Waals surface area contributed by atoms with E-state index in [-0.39, 0.29) is 5.91 Å². The number of hydrogen-bond acceptors (Lipinski definition) is 4. The van der Waals surface area contributed by atoms with Crippen LogP contribution >= 0.6 is 11.8 Å². The summed E-state index contributed by atoms with van der Waals surface area (Å²) in [6, 6.07) is 8.52. The highest BCUT2D eigenvalue weighted by molar-refractivity contribution is 7.98. The van der Waals surface area contributed by atoms with Crippen LogP contribution in [0.5, 0.6) is 0 Å². The molecule has 1 aromatic rings. The van der Waals surface area contributed by atoms with Crippen molar-refractivity contribution < 1.29 is 4.79 Å². The van der Waals surface area contributed by atoms with E-state index in [4.69, 9.17) is 5.84 Å². The molecular weight excluding hydrogens is 258 g/mol. The van der Waals surface area contributed by atoms with Crippen molar-refractivity contribution in [2.24, 2.45) is 5.84 Å². The zero-order valence-electron chi connectivity index (χ0n) is 11.8. The monoisotopic (exact) mass is 281 g/mol. The first kappa shape index (κ1) is 16.0. The van der Waals surface area contributed by atoms with E-state index in [9.17, 15) is 4.79 Å². The minimum absolute atomic E-state index is 0.160. The standard InChI is InChI=1S/C14H23N3OS/c1-11(10-19-3)17(2)9-13-7-5-4-6-12(13)8-14(18)16-15/h4-7,11H,8-10,15H2,1-3H3,(H,16,18). The second-order valence-electron chi connectivity index (χ2n) is 4.73. The predicted octanol–water partition coefficient (Wildman–Crippen LogP) is 1.40. The van der Waals surface area contributed by atoms with Crippen LogP contribution in [0.15, 0.2) is 24.3 Å². The molecule has 0 aliphatic heterocycles. The number of nitrogens with zero attached hydrogens (tertiary/aromatic N) is 1. The Hall–Kier alpha value is -1.04. The van der Waals surface area contributed by atoms with Crippen molar-refractivity contribution in [1.82, 2.24) is 10.3 Å². The highest BCUT2D eigenvalue weighted by Crippen LogP contribution is 2.14. The van der Waals surface area contributed by atoms with Gasteiger partial charge in [0.2, 0.25) is 5.91 Å². The molecule has 1 rings (SSSR count). The van der Waals surface area contributed by atoms with Crippen LogP contribution in [0.2, 0.25) is 0 Å². The van der Waals surface area contributed by atoms with Crippen LogP contribution < -0.4 is 11.3 Å². The highest BCUT2D eigenvalue weighted by atomic mass is 32.2. The second-order valence-corrected chi connectivity index (χ2v) is 5.64. The minimum atomic E-state index is -0.160. The fraction of sp³-hybridized carbons (Fsp3) is 0.500. The van der Waals surface area contributed by atoms with E-state index >= 15 is 0 Å². The Morgan fingerprint density at radius 1 is 1.42 bits per heavy atom. The molecule has 1 unspecified atom stereocenters. The van der Waals surface area contributed by atoms with Crippen molar-refractivity contribution in [3.63, 3.8) is 0 Å². The number of carbonyl (C=O) groups is 1. The van der Waals surface area contributed by atoms with Gasteiger partial charge in [-0.25, -0.2) is 5.84 Å². The molecule has 1 amide bonds. The molecule has 1 aromatic carbocycles. The van der Waals surface area contributed by atoms with Crippen LogP contribution in [0, 0.1) is 0 Å². The molecule has 0 heterocycles. The number of nitrogens with two attached hydrogens (primary N) is 1. The van der Waals surface area contributed by atoms with Gasteiger partial charge in [0.15, 0.2) is 0 Å². The summed E-state index contributed by atoms with van der Waals surface area (Å²) in [5.41, 5.74) is 4.40. The maximum atomic E-state index is 11.4. The van der Waals surface area contributed by atoms with Crippen LogP contribution in [-0.2, 0) is 17.8 Å². The van der Waals surface area contributed by atoms with Gasteiger partial charge in [-0.2, -0.15) is 11.8 Å². The van der Waals surface area contributed by atoms with E-state index in [1.54, 1.807) is 0 Å². The molecule has 0 spiro atoms. The van der Waals surface area contributed by atoms with Crippen molar-refractivity contribution in [3.05, 3.63) is 35.4 Å². The Balaban J connectivity index is 2.74. The molecule has 0 aromatic heterocycles. The van der Waals surface area contributed by atoms with Gasteiger partial charge in [-0.15, -0.1) is 0 Å². The molecule has 19 heavy (non-hydrogen) atoms. The van der Waals surface area contributed by atoms with Gasteiger partial charge in [0, 0.05) is 18.3 Å². The molecule has 0 aliphatic carbocycles. The van der Waals surface area contributed by atoms with Crippen molar-refractivity contribution in [2.45, 2.75) is 25.9 Å². The van der Waals surface area contributed by atoms with Gasteiger partial charge in [0.1, 0.15) is 0 Å². The first-order valence-electron chi connectivity index (χ1n) is 6.33. The van der Waals surface area contributed by atoms with Crippen LogP contribution in [0.3, 0.4) is 0 Å². The quantitative estimate of drug-likeness (QED) is 0.451. The lowest BCUT2D eigenvalue weighted by molar-refractivity contribution is -0.120. The first-order valence-corrected chi connectivity index (χ1v) is 7.73. The summed E-state index contributed by atoms with van der Waals surface area (Å²) >= 11 is 1.84. The Morgan fingerprint density at radius 3 is 2.63 bits per heavy atom. The summed E-state index contributed by atoms with van der Waals surface area (Å²) in [5, 5.41) is 0. The number of hydrogen-bond donors (Lipinski definition) is 2. The van der Waals surface area contributed by atoms with Gasteiger partial charge in [0.25, 0.3) is 0 Å². The Morgan fingerprint density at radius 2 is 2.05 bits per heavy atom. The van der Waals surface area contributed by atoms with Crippen molar-refractivity contribution in [2.75, 3.05) is 19.1 Å². The first-order chi connectivity index (χ1) is 9.08. The third-order valence-corrected chi connectivity index (χ3v) is 4.03. The summed E-state index contributed by atoms with van der Waals surface area (Å²) < 4.78 is 0. The van der Waals surface area contributed by atoms with Gasteiger partial charge in [0.05, 0.1) is 6.42 Å². The summed E-state index contributed by atoms with van der Waals surface area (Å²) in [5.74, 6) is 6.09. The Kier molecular flexibility index (Phi) is 6.91. The van der Waals surface area contributed by atoms with Gasteiger partial charge in [-0.05, 0) is 31.4 Å². The summed E-state index contributed by atoms with van der Waals surface area (Å²) in [7, 11) is 2.11. The molecule has 5 heteroatoms. The van der Waals surface area contributed by atoms with Gasteiger partial charge < -0.3 is 0 Å². The normalized spacial score (nSPS) is 12.5. The number of rotatable bonds is 7. The predicted molar refractivity (Wildman–Crippen MR) is 81.8 cm³/mol. The molecule has 0 saturated heterocycles. The van der Waals surface area contributed by atoms with Crippen LogP contribution in [0.4, 0.5) is 0 Å². The molecule has 0 bridgehead atoms. The SMILES string of the molecule is CSCC(C)N(C)Cc1ccccc1CC(=O)NN. The summed E-state index contributed by atoms with van der Waals surface area (Å²) in [4.78, 5) is 13.7. The number of hydrazine groups is 1. The topological polar surface area (TPSA) is 58.4 Å². The number of carbonyl (C=O) groups excluding carboxylic acids is 1. The average molecular weight is 281 g/mol. The van der Waals surface area contributed by atoms with E-state index in [0.29, 0.717) is 12.5 Å². The van der Waals surface area contributed by atoms with Crippen molar-refractivity contribution in [3.8, 4) is 0 Å². The second kappa shape index (κ2) is 8.19. The molecule has 0 saturated carbocycles. The number of amides is 1. The van der Waals surface area contributed by atoms with Gasteiger partial charge >= 0.3 is 0 Å². The van der Waals surface area contributed by atoms with Crippen molar-refractivity contribution in [1.29, 1.82) is 0 Å². The average Bonchev–Trinajstić information content (AvgIpc) is 2.41. The molecule has 0 radical (unpaired) electrons. The zero-order chi connectivity index (χ0) is 14.3. The smallest absolute Gasteiger partial charge is 0.238 e. The molecule has 0 fully saturated rings. The van der Waals surface area contributed by atoms with E-state index in [2.05, 4.69) is 36.6 Å². The molecular formula is C14H23N3OS. The summed E-state index contributed by atoms with van der Waals surface area (Å²) in [6.45, 7) is 3.06. The van der Waals surface area contributed by atoms with Crippen molar-refractivity contribution >= 4 is 17.7 Å². The lowest BCUT2D eigenvalue weighted by Crippen LogP contribution is -2.33. The molecule has 1 atom stereocenters. The van der Waals surface area contributed by atoms with Gasteiger partial charge in [-0.3, -0.25) is 15.1 Å². The van der Waals surface area contributed by atoms with E-state index in [1.165, 1.54) is 5.56 Å². The maximum absolute atomic E-state index is 11.4. The van der Waals surface area contributed by atoms with Gasteiger partial charge in [-0.1, -0.05) is 24.3 Å². The maximum Gasteiger partial charge on any atom is 0.238 e. The number of thioether (sulfide) groups is 1. The third-order valence-electron chi connectivity index (χ3n) is 3.21. The lowest BCUT2D eigenvalue weighted by atomic mass is 10.0. The molecule has 4 nitrogen and oxygen atoms in total. The Labute approximate surface area is 119 Å².